The van der Waals surface area contributed by atoms with E-state index >= 15 is 0 Å². The summed E-state index contributed by atoms with van der Waals surface area (Å²) in [7, 11) is 0. The van der Waals surface area contributed by atoms with Crippen LogP contribution in [0, 0.1) is 5.92 Å². The Labute approximate surface area is 184 Å². The van der Waals surface area contributed by atoms with Crippen molar-refractivity contribution in [2.24, 2.45) is 5.92 Å². The third kappa shape index (κ3) is 9.02. The zero-order chi connectivity index (χ0) is 22.8. The summed E-state index contributed by atoms with van der Waals surface area (Å²) in [6.07, 6.45) is -2.14. The van der Waals surface area contributed by atoms with Gasteiger partial charge in [0.2, 0.25) is 0 Å². The minimum absolute atomic E-state index is 0.0412. The van der Waals surface area contributed by atoms with Gasteiger partial charge in [0.1, 0.15) is 31.5 Å². The van der Waals surface area contributed by atoms with Gasteiger partial charge in [-0.15, -0.1) is 0 Å². The summed E-state index contributed by atoms with van der Waals surface area (Å²) < 4.78 is 45.9. The van der Waals surface area contributed by atoms with Gasteiger partial charge in [-0.25, -0.2) is 9.59 Å². The summed E-state index contributed by atoms with van der Waals surface area (Å²) in [4.78, 5) is 22.0. The molecule has 13 nitrogen and oxygen atoms in total. The molecule has 0 bridgehead atoms. The van der Waals surface area contributed by atoms with Crippen molar-refractivity contribution >= 4 is 12.3 Å². The first kappa shape index (κ1) is 24.9. The van der Waals surface area contributed by atoms with Crippen LogP contribution in [-0.4, -0.2) is 113 Å². The van der Waals surface area contributed by atoms with Crippen molar-refractivity contribution in [3.8, 4) is 0 Å². The van der Waals surface area contributed by atoms with Crippen molar-refractivity contribution in [1.82, 2.24) is 0 Å². The van der Waals surface area contributed by atoms with E-state index in [1.54, 1.807) is 0 Å². The van der Waals surface area contributed by atoms with E-state index < -0.39 is 31.0 Å². The number of carbonyl (C=O) groups is 2. The predicted octanol–water partition coefficient (Wildman–Crippen LogP) is -0.444. The predicted molar refractivity (Wildman–Crippen MR) is 100 cm³/mol. The van der Waals surface area contributed by atoms with Gasteiger partial charge >= 0.3 is 12.3 Å². The van der Waals surface area contributed by atoms with Gasteiger partial charge in [-0.1, -0.05) is 0 Å². The highest BCUT2D eigenvalue weighted by atomic mass is 16.8. The third-order valence-electron chi connectivity index (χ3n) is 4.87. The molecule has 0 aromatic rings. The quantitative estimate of drug-likeness (QED) is 0.299. The Hall–Kier alpha value is -1.74. The first-order valence-electron chi connectivity index (χ1n) is 10.5. The summed E-state index contributed by atoms with van der Waals surface area (Å²) in [5.41, 5.74) is 0. The van der Waals surface area contributed by atoms with Crippen LogP contribution in [0.2, 0.25) is 0 Å². The molecular formula is C19H30O13. The fourth-order valence-electron chi connectivity index (χ4n) is 3.23. The number of cyclic esters (lactones) is 4. The van der Waals surface area contributed by atoms with Crippen LogP contribution in [0.5, 0.6) is 0 Å². The zero-order valence-corrected chi connectivity index (χ0v) is 17.6. The molecule has 0 spiro atoms. The van der Waals surface area contributed by atoms with Crippen LogP contribution < -0.4 is 0 Å². The van der Waals surface area contributed by atoms with Gasteiger partial charge in [0.15, 0.2) is 6.10 Å². The fraction of sp³-hybridized carbons (Fsp3) is 0.895. The van der Waals surface area contributed by atoms with Crippen LogP contribution >= 0.6 is 0 Å². The highest BCUT2D eigenvalue weighted by Crippen LogP contribution is 2.17. The Balaban J connectivity index is 1.30. The van der Waals surface area contributed by atoms with Gasteiger partial charge in [0.25, 0.3) is 6.48 Å². The van der Waals surface area contributed by atoms with E-state index in [1.807, 2.05) is 0 Å². The van der Waals surface area contributed by atoms with Crippen molar-refractivity contribution < 1.29 is 62.4 Å². The number of rotatable bonds is 15. The Morgan fingerprint density at radius 1 is 0.844 bits per heavy atom. The molecule has 3 aliphatic rings. The molecule has 3 rings (SSSR count). The summed E-state index contributed by atoms with van der Waals surface area (Å²) in [5, 5.41) is 19.1. The monoisotopic (exact) mass is 466 g/mol. The van der Waals surface area contributed by atoms with Gasteiger partial charge in [-0.05, 0) is 12.8 Å². The molecule has 3 fully saturated rings. The first-order chi connectivity index (χ1) is 15.5. The van der Waals surface area contributed by atoms with Gasteiger partial charge in [-0.2, -0.15) is 0 Å². The molecule has 6 atom stereocenters. The lowest BCUT2D eigenvalue weighted by molar-refractivity contribution is -0.208. The molecule has 2 N–H and O–H groups in total. The molecule has 3 saturated heterocycles. The molecule has 0 aromatic heterocycles. The number of hydrogen-bond acceptors (Lipinski definition) is 13. The van der Waals surface area contributed by atoms with E-state index in [0.717, 1.165) is 0 Å². The van der Waals surface area contributed by atoms with E-state index in [-0.39, 0.29) is 64.4 Å². The van der Waals surface area contributed by atoms with Gasteiger partial charge in [-0.3, -0.25) is 0 Å². The SMILES string of the molecule is O=C1OCC(CCC(COCC(O)COCC2COC(O)O2)COCC2COC(=O)O2)O1. The first-order valence-corrected chi connectivity index (χ1v) is 10.5. The average Bonchev–Trinajstić information content (AvgIpc) is 3.48. The Bertz CT molecular complexity index is 588. The molecule has 0 saturated carbocycles. The molecule has 0 aliphatic carbocycles. The molecule has 32 heavy (non-hydrogen) atoms. The maximum absolute atomic E-state index is 11.1. The zero-order valence-electron chi connectivity index (χ0n) is 17.6. The fourth-order valence-corrected chi connectivity index (χ4v) is 3.23. The van der Waals surface area contributed by atoms with Gasteiger partial charge in [0, 0.05) is 5.92 Å². The largest absolute Gasteiger partial charge is 0.508 e. The number of ether oxygens (including phenoxy) is 9. The van der Waals surface area contributed by atoms with Crippen LogP contribution in [0.25, 0.3) is 0 Å². The van der Waals surface area contributed by atoms with Crippen molar-refractivity contribution in [2.45, 2.75) is 43.7 Å². The molecule has 184 valence electrons. The highest BCUT2D eigenvalue weighted by molar-refractivity contribution is 5.62. The topological polar surface area (TPSA) is 158 Å². The number of aliphatic hydroxyl groups is 2. The van der Waals surface area contributed by atoms with Crippen molar-refractivity contribution in [2.75, 3.05) is 59.5 Å². The van der Waals surface area contributed by atoms with Crippen molar-refractivity contribution in [3.05, 3.63) is 0 Å². The lowest BCUT2D eigenvalue weighted by Crippen LogP contribution is -2.28. The van der Waals surface area contributed by atoms with E-state index in [9.17, 15) is 14.7 Å². The van der Waals surface area contributed by atoms with Crippen LogP contribution in [0.3, 0.4) is 0 Å². The van der Waals surface area contributed by atoms with Crippen LogP contribution in [0.1, 0.15) is 12.8 Å². The molecule has 0 radical (unpaired) electrons. The summed E-state index contributed by atoms with van der Waals surface area (Å²) in [6, 6.07) is 0. The Morgan fingerprint density at radius 3 is 2.12 bits per heavy atom. The average molecular weight is 466 g/mol. The molecular weight excluding hydrogens is 436 g/mol. The number of hydrogen-bond donors (Lipinski definition) is 2. The second kappa shape index (κ2) is 13.1. The molecule has 13 heteroatoms. The van der Waals surface area contributed by atoms with Gasteiger partial charge in [0.05, 0.1) is 46.2 Å². The molecule has 0 amide bonds. The van der Waals surface area contributed by atoms with Crippen LogP contribution in [0.4, 0.5) is 9.59 Å². The smallest absolute Gasteiger partial charge is 0.430 e. The minimum atomic E-state index is -1.23. The van der Waals surface area contributed by atoms with E-state index in [0.29, 0.717) is 26.1 Å². The summed E-state index contributed by atoms with van der Waals surface area (Å²) >= 11 is 0. The molecule has 3 heterocycles. The summed E-state index contributed by atoms with van der Waals surface area (Å²) in [5.74, 6) is -0.0500. The Morgan fingerprint density at radius 2 is 1.47 bits per heavy atom. The number of carbonyl (C=O) groups excluding carboxylic acids is 2. The lowest BCUT2D eigenvalue weighted by Gasteiger charge is -2.20. The molecule has 6 unspecified atom stereocenters. The minimum Gasteiger partial charge on any atom is -0.430 e. The highest BCUT2D eigenvalue weighted by Gasteiger charge is 2.28. The van der Waals surface area contributed by atoms with Crippen LogP contribution in [0.15, 0.2) is 0 Å². The molecule has 0 aromatic carbocycles. The molecule has 3 aliphatic heterocycles. The van der Waals surface area contributed by atoms with Crippen molar-refractivity contribution in [3.63, 3.8) is 0 Å². The maximum atomic E-state index is 11.1. The van der Waals surface area contributed by atoms with E-state index in [1.165, 1.54) is 0 Å². The second-order valence-corrected chi connectivity index (χ2v) is 7.71. The van der Waals surface area contributed by atoms with E-state index in [2.05, 4.69) is 0 Å². The standard InChI is InChI=1S/C19H30O13/c20-13(6-26-8-16-11-29-19(23)32-16)5-24-3-12(1-2-14-9-27-17(21)30-14)4-25-7-15-10-28-18(22)31-15/h12-16,19-20,23H,1-11H2. The van der Waals surface area contributed by atoms with Crippen LogP contribution in [-0.2, 0) is 42.6 Å². The maximum Gasteiger partial charge on any atom is 0.508 e. The van der Waals surface area contributed by atoms with Gasteiger partial charge < -0.3 is 52.8 Å². The van der Waals surface area contributed by atoms with E-state index in [4.69, 9.17) is 47.7 Å². The Kier molecular flexibility index (Phi) is 10.2. The summed E-state index contributed by atoms with van der Waals surface area (Å²) in [6.45, 7) is 0.450. The number of aliphatic hydroxyl groups excluding tert-OH is 2. The van der Waals surface area contributed by atoms with Crippen molar-refractivity contribution in [1.29, 1.82) is 0 Å². The lowest BCUT2D eigenvalue weighted by atomic mass is 10.0. The third-order valence-corrected chi connectivity index (χ3v) is 4.87. The second-order valence-electron chi connectivity index (χ2n) is 7.71. The normalized spacial score (nSPS) is 29.3.